The maximum absolute atomic E-state index is 13.4. The fourth-order valence-electron chi connectivity index (χ4n) is 5.04. The smallest absolute Gasteiger partial charge is 0.225 e. The molecule has 148 valence electrons. The normalized spacial score (nSPS) is 23.4. The molecule has 7 heteroatoms. The summed E-state index contributed by atoms with van der Waals surface area (Å²) in [6.45, 7) is 4.80. The lowest BCUT2D eigenvalue weighted by Crippen LogP contribution is -2.57. The largest absolute Gasteiger partial charge is 0.381 e. The van der Waals surface area contributed by atoms with Crippen LogP contribution in [0.1, 0.15) is 56.8 Å². The van der Waals surface area contributed by atoms with Gasteiger partial charge in [0.15, 0.2) is 0 Å². The summed E-state index contributed by atoms with van der Waals surface area (Å²) in [4.78, 5) is 34.2. The molecule has 0 aromatic carbocycles. The van der Waals surface area contributed by atoms with Crippen molar-refractivity contribution in [3.05, 3.63) is 17.7 Å². The molecule has 1 unspecified atom stereocenters. The van der Waals surface area contributed by atoms with E-state index >= 15 is 0 Å². The fourth-order valence-corrected chi connectivity index (χ4v) is 5.04. The molecule has 1 aromatic rings. The number of piperidine rings is 1. The lowest BCUT2D eigenvalue weighted by Gasteiger charge is -2.49. The van der Waals surface area contributed by atoms with Crippen LogP contribution in [0.15, 0.2) is 6.33 Å². The molecular weight excluding hydrogens is 344 g/mol. The highest BCUT2D eigenvalue weighted by atomic mass is 16.5. The molecule has 0 N–H and O–H groups in total. The number of aryl methyl sites for hydroxylation is 1. The Morgan fingerprint density at radius 2 is 2.04 bits per heavy atom. The molecule has 2 saturated heterocycles. The molecule has 7 nitrogen and oxygen atoms in total. The summed E-state index contributed by atoms with van der Waals surface area (Å²) < 4.78 is 7.70. The average molecular weight is 374 g/mol. The summed E-state index contributed by atoms with van der Waals surface area (Å²) in [5.74, 6) is 0.326. The van der Waals surface area contributed by atoms with Crippen LogP contribution in [0.25, 0.3) is 0 Å². The van der Waals surface area contributed by atoms with Crippen LogP contribution in [0.5, 0.6) is 0 Å². The molecule has 0 radical (unpaired) electrons. The molecule has 1 spiro atoms. The Labute approximate surface area is 160 Å². The Hall–Kier alpha value is -1.89. The van der Waals surface area contributed by atoms with E-state index in [9.17, 15) is 9.59 Å². The third kappa shape index (κ3) is 3.16. The Kier molecular flexibility index (Phi) is 4.97. The quantitative estimate of drug-likeness (QED) is 0.806. The lowest BCUT2D eigenvalue weighted by molar-refractivity contribution is -0.147. The molecule has 0 bridgehead atoms. The van der Waals surface area contributed by atoms with Crippen LogP contribution in [0, 0.1) is 0 Å². The molecule has 27 heavy (non-hydrogen) atoms. The zero-order chi connectivity index (χ0) is 19.0. The predicted octanol–water partition coefficient (Wildman–Crippen LogP) is 1.60. The Morgan fingerprint density at radius 3 is 2.78 bits per heavy atom. The lowest BCUT2D eigenvalue weighted by atomic mass is 9.80. The van der Waals surface area contributed by atoms with Gasteiger partial charge in [0.1, 0.15) is 0 Å². The van der Waals surface area contributed by atoms with Crippen molar-refractivity contribution < 1.29 is 14.3 Å². The Bertz CT molecular complexity index is 723. The summed E-state index contributed by atoms with van der Waals surface area (Å²) in [5, 5.41) is 0. The van der Waals surface area contributed by atoms with Crippen molar-refractivity contribution in [2.24, 2.45) is 7.05 Å². The topological polar surface area (TPSA) is 67.7 Å². The molecule has 1 aromatic heterocycles. The first-order chi connectivity index (χ1) is 13.0. The molecule has 1 atom stereocenters. The highest BCUT2D eigenvalue weighted by Crippen LogP contribution is 2.42. The molecule has 4 rings (SSSR count). The number of carbonyl (C=O) groups excluding carboxylic acids is 2. The number of imidazole rings is 1. The van der Waals surface area contributed by atoms with Gasteiger partial charge in [-0.15, -0.1) is 0 Å². The summed E-state index contributed by atoms with van der Waals surface area (Å²) in [7, 11) is 2.03. The number of carbonyl (C=O) groups is 2. The number of rotatable bonds is 3. The summed E-state index contributed by atoms with van der Waals surface area (Å²) in [6.07, 6.45) is 7.28. The van der Waals surface area contributed by atoms with Gasteiger partial charge in [0, 0.05) is 64.3 Å². The van der Waals surface area contributed by atoms with E-state index in [1.807, 2.05) is 25.2 Å². The number of amides is 2. The van der Waals surface area contributed by atoms with E-state index in [-0.39, 0.29) is 23.4 Å². The zero-order valence-electron chi connectivity index (χ0n) is 16.4. The second-order valence-corrected chi connectivity index (χ2v) is 8.19. The molecular formula is C20H30N4O3. The van der Waals surface area contributed by atoms with Gasteiger partial charge in [-0.25, -0.2) is 4.98 Å². The van der Waals surface area contributed by atoms with Gasteiger partial charge < -0.3 is 19.1 Å². The fraction of sp³-hybridized carbons (Fsp3) is 0.750. The Balaban J connectivity index is 1.56. The van der Waals surface area contributed by atoms with Crippen molar-refractivity contribution in [2.45, 2.75) is 63.5 Å². The highest BCUT2D eigenvalue weighted by Gasteiger charge is 2.48. The standard InChI is InChI=1S/C20H30N4O3/c1-15(23-9-4-3-5-17(23)25)13-18(26)24-10-6-16-19(21-14-22(16)2)20(24)7-11-27-12-8-20/h14-15H,3-13H2,1-2H3. The summed E-state index contributed by atoms with van der Waals surface area (Å²) >= 11 is 0. The maximum atomic E-state index is 13.4. The van der Waals surface area contributed by atoms with E-state index in [1.54, 1.807) is 0 Å². The van der Waals surface area contributed by atoms with Gasteiger partial charge in [-0.3, -0.25) is 9.59 Å². The van der Waals surface area contributed by atoms with E-state index in [0.717, 1.165) is 44.3 Å². The number of hydrogen-bond donors (Lipinski definition) is 0. The minimum atomic E-state index is -0.351. The SMILES string of the molecule is CC(CC(=O)N1CCc2c(ncn2C)C12CCOCC2)N1CCCCC1=O. The number of likely N-dealkylation sites (tertiary alicyclic amines) is 1. The van der Waals surface area contributed by atoms with E-state index < -0.39 is 0 Å². The van der Waals surface area contributed by atoms with E-state index in [0.29, 0.717) is 32.6 Å². The van der Waals surface area contributed by atoms with Crippen LogP contribution in [0.4, 0.5) is 0 Å². The molecule has 4 heterocycles. The summed E-state index contributed by atoms with van der Waals surface area (Å²) in [5.41, 5.74) is 1.94. The average Bonchev–Trinajstić information content (AvgIpc) is 3.05. The van der Waals surface area contributed by atoms with E-state index in [1.165, 1.54) is 5.69 Å². The predicted molar refractivity (Wildman–Crippen MR) is 100.0 cm³/mol. The van der Waals surface area contributed by atoms with Gasteiger partial charge in [-0.1, -0.05) is 0 Å². The van der Waals surface area contributed by atoms with Gasteiger partial charge in [0.05, 0.1) is 17.6 Å². The number of aromatic nitrogens is 2. The molecule has 0 saturated carbocycles. The third-order valence-electron chi connectivity index (χ3n) is 6.57. The van der Waals surface area contributed by atoms with Crippen molar-refractivity contribution in [2.75, 3.05) is 26.3 Å². The van der Waals surface area contributed by atoms with Gasteiger partial charge in [0.25, 0.3) is 0 Å². The molecule has 2 fully saturated rings. The zero-order valence-corrected chi connectivity index (χ0v) is 16.4. The second-order valence-electron chi connectivity index (χ2n) is 8.19. The van der Waals surface area contributed by atoms with Crippen molar-refractivity contribution >= 4 is 11.8 Å². The molecule has 3 aliphatic heterocycles. The number of fused-ring (bicyclic) bond motifs is 2. The van der Waals surface area contributed by atoms with Crippen LogP contribution < -0.4 is 0 Å². The van der Waals surface area contributed by atoms with Crippen LogP contribution >= 0.6 is 0 Å². The van der Waals surface area contributed by atoms with Gasteiger partial charge >= 0.3 is 0 Å². The van der Waals surface area contributed by atoms with Crippen molar-refractivity contribution in [3.8, 4) is 0 Å². The van der Waals surface area contributed by atoms with Crippen molar-refractivity contribution in [1.82, 2.24) is 19.4 Å². The van der Waals surface area contributed by atoms with Crippen LogP contribution in [0.3, 0.4) is 0 Å². The van der Waals surface area contributed by atoms with Gasteiger partial charge in [-0.2, -0.15) is 0 Å². The molecule has 0 aliphatic carbocycles. The third-order valence-corrected chi connectivity index (χ3v) is 6.57. The first-order valence-electron chi connectivity index (χ1n) is 10.2. The maximum Gasteiger partial charge on any atom is 0.225 e. The first-order valence-corrected chi connectivity index (χ1v) is 10.2. The van der Waals surface area contributed by atoms with Crippen LogP contribution in [-0.2, 0) is 33.3 Å². The monoisotopic (exact) mass is 374 g/mol. The minimum Gasteiger partial charge on any atom is -0.381 e. The minimum absolute atomic E-state index is 0.0488. The highest BCUT2D eigenvalue weighted by molar-refractivity contribution is 5.81. The van der Waals surface area contributed by atoms with Crippen molar-refractivity contribution in [1.29, 1.82) is 0 Å². The first kappa shape index (κ1) is 18.5. The van der Waals surface area contributed by atoms with Crippen LogP contribution in [0.2, 0.25) is 0 Å². The van der Waals surface area contributed by atoms with E-state index in [2.05, 4.69) is 9.47 Å². The molecule has 2 amide bonds. The van der Waals surface area contributed by atoms with Crippen molar-refractivity contribution in [3.63, 3.8) is 0 Å². The summed E-state index contributed by atoms with van der Waals surface area (Å²) in [6, 6.07) is -0.0488. The second kappa shape index (κ2) is 7.26. The number of ether oxygens (including phenoxy) is 1. The number of hydrogen-bond acceptors (Lipinski definition) is 4. The van der Waals surface area contributed by atoms with Gasteiger partial charge in [0.2, 0.25) is 11.8 Å². The molecule has 3 aliphatic rings. The Morgan fingerprint density at radius 1 is 1.26 bits per heavy atom. The van der Waals surface area contributed by atoms with Gasteiger partial charge in [-0.05, 0) is 32.6 Å². The number of nitrogens with zero attached hydrogens (tertiary/aromatic N) is 4. The van der Waals surface area contributed by atoms with Crippen LogP contribution in [-0.4, -0.2) is 63.5 Å². The van der Waals surface area contributed by atoms with E-state index in [4.69, 9.17) is 9.72 Å².